The standard InChI is InChI=1S/C17H30N2S/c1-13-19-15(11-20-13)10-17(12-18-5)8-6-14(7-9-17)16(2,3)4/h11,14,18H,6-10,12H2,1-5H3. The van der Waals surface area contributed by atoms with E-state index >= 15 is 0 Å². The average molecular weight is 295 g/mol. The highest BCUT2D eigenvalue weighted by Gasteiger charge is 2.38. The smallest absolute Gasteiger partial charge is 0.0897 e. The number of aromatic nitrogens is 1. The predicted octanol–water partition coefficient (Wildman–Crippen LogP) is 4.44. The molecule has 0 saturated heterocycles. The molecule has 2 rings (SSSR count). The Bertz CT molecular complexity index is 422. The van der Waals surface area contributed by atoms with Crippen molar-refractivity contribution in [2.24, 2.45) is 16.7 Å². The summed E-state index contributed by atoms with van der Waals surface area (Å²) >= 11 is 1.78. The molecule has 0 unspecified atom stereocenters. The van der Waals surface area contributed by atoms with Gasteiger partial charge in [0.05, 0.1) is 10.7 Å². The number of nitrogens with one attached hydrogen (secondary N) is 1. The van der Waals surface area contributed by atoms with E-state index in [0.717, 1.165) is 18.9 Å². The Balaban J connectivity index is 2.05. The molecule has 0 radical (unpaired) electrons. The molecule has 2 nitrogen and oxygen atoms in total. The van der Waals surface area contributed by atoms with Gasteiger partial charge in [0.1, 0.15) is 0 Å². The minimum atomic E-state index is 0.428. The van der Waals surface area contributed by atoms with E-state index < -0.39 is 0 Å². The molecule has 0 amide bonds. The van der Waals surface area contributed by atoms with Crippen molar-refractivity contribution in [1.82, 2.24) is 10.3 Å². The molecule has 1 saturated carbocycles. The molecule has 0 aromatic carbocycles. The first-order valence-corrected chi connectivity index (χ1v) is 8.78. The second kappa shape index (κ2) is 6.15. The zero-order valence-corrected chi connectivity index (χ0v) is 14.6. The molecule has 1 aliphatic carbocycles. The van der Waals surface area contributed by atoms with Gasteiger partial charge in [-0.1, -0.05) is 20.8 Å². The zero-order valence-electron chi connectivity index (χ0n) is 13.8. The van der Waals surface area contributed by atoms with Crippen LogP contribution in [-0.2, 0) is 6.42 Å². The van der Waals surface area contributed by atoms with Crippen LogP contribution in [0.3, 0.4) is 0 Å². The highest BCUT2D eigenvalue weighted by Crippen LogP contribution is 2.46. The van der Waals surface area contributed by atoms with E-state index in [-0.39, 0.29) is 0 Å². The quantitative estimate of drug-likeness (QED) is 0.888. The molecule has 114 valence electrons. The number of aryl methyl sites for hydroxylation is 1. The van der Waals surface area contributed by atoms with Crippen molar-refractivity contribution in [2.45, 2.75) is 59.8 Å². The number of thiazole rings is 1. The Morgan fingerprint density at radius 1 is 1.35 bits per heavy atom. The number of nitrogens with zero attached hydrogens (tertiary/aromatic N) is 1. The van der Waals surface area contributed by atoms with Gasteiger partial charge in [0.2, 0.25) is 0 Å². The summed E-state index contributed by atoms with van der Waals surface area (Å²) in [5.74, 6) is 0.879. The van der Waals surface area contributed by atoms with Crippen LogP contribution in [0.4, 0.5) is 0 Å². The van der Waals surface area contributed by atoms with Crippen molar-refractivity contribution >= 4 is 11.3 Å². The molecule has 1 aliphatic rings. The highest BCUT2D eigenvalue weighted by atomic mass is 32.1. The van der Waals surface area contributed by atoms with Gasteiger partial charge in [-0.25, -0.2) is 4.98 Å². The third-order valence-electron chi connectivity index (χ3n) is 5.05. The van der Waals surface area contributed by atoms with Crippen LogP contribution in [0.15, 0.2) is 5.38 Å². The Labute approximate surface area is 128 Å². The molecule has 1 heterocycles. The summed E-state index contributed by atoms with van der Waals surface area (Å²) in [5, 5.41) is 6.88. The van der Waals surface area contributed by atoms with Crippen LogP contribution in [0.25, 0.3) is 0 Å². The van der Waals surface area contributed by atoms with Gasteiger partial charge in [-0.15, -0.1) is 11.3 Å². The van der Waals surface area contributed by atoms with Gasteiger partial charge >= 0.3 is 0 Å². The molecule has 1 aromatic rings. The maximum atomic E-state index is 4.69. The third-order valence-corrected chi connectivity index (χ3v) is 5.87. The molecule has 3 heteroatoms. The Hall–Kier alpha value is -0.410. The second-order valence-corrected chi connectivity index (χ2v) is 8.77. The van der Waals surface area contributed by atoms with Crippen molar-refractivity contribution in [2.75, 3.05) is 13.6 Å². The Kier molecular flexibility index (Phi) is 4.91. The van der Waals surface area contributed by atoms with E-state index in [9.17, 15) is 0 Å². The summed E-state index contributed by atoms with van der Waals surface area (Å²) in [4.78, 5) is 4.69. The maximum absolute atomic E-state index is 4.69. The van der Waals surface area contributed by atoms with Gasteiger partial charge in [0, 0.05) is 11.9 Å². The topological polar surface area (TPSA) is 24.9 Å². The van der Waals surface area contributed by atoms with Crippen LogP contribution < -0.4 is 5.32 Å². The molecule has 1 fully saturated rings. The summed E-state index contributed by atoms with van der Waals surface area (Å²) in [6, 6.07) is 0. The summed E-state index contributed by atoms with van der Waals surface area (Å²) in [7, 11) is 2.09. The normalized spacial score (nSPS) is 27.8. The SMILES string of the molecule is CNCC1(Cc2csc(C)n2)CCC(C(C)(C)C)CC1. The predicted molar refractivity (Wildman–Crippen MR) is 88.3 cm³/mol. The fraction of sp³-hybridized carbons (Fsp3) is 0.824. The van der Waals surface area contributed by atoms with Gasteiger partial charge in [-0.05, 0) is 62.8 Å². The Morgan fingerprint density at radius 3 is 2.45 bits per heavy atom. The first-order chi connectivity index (χ1) is 9.35. The van der Waals surface area contributed by atoms with E-state index in [0.29, 0.717) is 10.8 Å². The molecule has 0 spiro atoms. The molecular weight excluding hydrogens is 264 g/mol. The van der Waals surface area contributed by atoms with Gasteiger partial charge in [0.25, 0.3) is 0 Å². The van der Waals surface area contributed by atoms with Crippen LogP contribution in [0.5, 0.6) is 0 Å². The van der Waals surface area contributed by atoms with Crippen LogP contribution in [-0.4, -0.2) is 18.6 Å². The van der Waals surface area contributed by atoms with Crippen LogP contribution in [0.2, 0.25) is 0 Å². The van der Waals surface area contributed by atoms with E-state index in [1.54, 1.807) is 11.3 Å². The summed E-state index contributed by atoms with van der Waals surface area (Å²) < 4.78 is 0. The van der Waals surface area contributed by atoms with Gasteiger partial charge in [0.15, 0.2) is 0 Å². The molecule has 0 atom stereocenters. The van der Waals surface area contributed by atoms with E-state index in [1.807, 2.05) is 0 Å². The maximum Gasteiger partial charge on any atom is 0.0897 e. The minimum Gasteiger partial charge on any atom is -0.319 e. The van der Waals surface area contributed by atoms with Gasteiger partial charge < -0.3 is 5.32 Å². The summed E-state index contributed by atoms with van der Waals surface area (Å²) in [5.41, 5.74) is 2.19. The molecular formula is C17H30N2S. The van der Waals surface area contributed by atoms with Crippen molar-refractivity contribution < 1.29 is 0 Å². The molecule has 1 aromatic heterocycles. The fourth-order valence-corrected chi connectivity index (χ4v) is 4.37. The van der Waals surface area contributed by atoms with Crippen LogP contribution >= 0.6 is 11.3 Å². The van der Waals surface area contributed by atoms with Gasteiger partial charge in [-0.3, -0.25) is 0 Å². The first-order valence-electron chi connectivity index (χ1n) is 7.90. The Morgan fingerprint density at radius 2 is 2.00 bits per heavy atom. The molecule has 0 bridgehead atoms. The van der Waals surface area contributed by atoms with Crippen LogP contribution in [0, 0.1) is 23.7 Å². The lowest BCUT2D eigenvalue weighted by Gasteiger charge is -2.44. The minimum absolute atomic E-state index is 0.428. The molecule has 20 heavy (non-hydrogen) atoms. The van der Waals surface area contributed by atoms with E-state index in [4.69, 9.17) is 4.98 Å². The van der Waals surface area contributed by atoms with E-state index in [1.165, 1.54) is 36.4 Å². The number of hydrogen-bond acceptors (Lipinski definition) is 3. The number of rotatable bonds is 4. The van der Waals surface area contributed by atoms with Crippen molar-refractivity contribution in [1.29, 1.82) is 0 Å². The lowest BCUT2D eigenvalue weighted by molar-refractivity contribution is 0.0871. The number of hydrogen-bond donors (Lipinski definition) is 1. The zero-order chi connectivity index (χ0) is 14.8. The summed E-state index contributed by atoms with van der Waals surface area (Å²) in [6.45, 7) is 10.4. The largest absolute Gasteiger partial charge is 0.319 e. The lowest BCUT2D eigenvalue weighted by atomic mass is 9.62. The fourth-order valence-electron chi connectivity index (χ4n) is 3.76. The average Bonchev–Trinajstić information content (AvgIpc) is 2.74. The molecule has 0 aliphatic heterocycles. The first kappa shape index (κ1) is 16.0. The monoisotopic (exact) mass is 294 g/mol. The van der Waals surface area contributed by atoms with E-state index in [2.05, 4.69) is 45.4 Å². The summed E-state index contributed by atoms with van der Waals surface area (Å²) in [6.07, 6.45) is 6.57. The second-order valence-electron chi connectivity index (χ2n) is 7.71. The molecule has 1 N–H and O–H groups in total. The lowest BCUT2D eigenvalue weighted by Crippen LogP contribution is -2.40. The van der Waals surface area contributed by atoms with Crippen molar-refractivity contribution in [3.63, 3.8) is 0 Å². The van der Waals surface area contributed by atoms with Gasteiger partial charge in [-0.2, -0.15) is 0 Å². The third kappa shape index (κ3) is 3.82. The van der Waals surface area contributed by atoms with Crippen LogP contribution in [0.1, 0.15) is 57.2 Å². The van der Waals surface area contributed by atoms with Crippen molar-refractivity contribution in [3.8, 4) is 0 Å². The van der Waals surface area contributed by atoms with Crippen molar-refractivity contribution in [3.05, 3.63) is 16.1 Å². The highest BCUT2D eigenvalue weighted by molar-refractivity contribution is 7.09.